The van der Waals surface area contributed by atoms with Crippen LogP contribution in [-0.2, 0) is 19.5 Å². The molecule has 0 unspecified atom stereocenters. The fraction of sp³-hybridized carbons (Fsp3) is 0.333. The lowest BCUT2D eigenvalue weighted by Crippen LogP contribution is -2.29. The lowest BCUT2D eigenvalue weighted by molar-refractivity contribution is -0.384. The Hall–Kier alpha value is -3.30. The first-order valence-corrected chi connectivity index (χ1v) is 12.0. The number of nitrogens with one attached hydrogen (secondary N) is 1. The molecule has 0 spiro atoms. The Morgan fingerprint density at radius 1 is 1.12 bits per heavy atom. The van der Waals surface area contributed by atoms with E-state index in [0.29, 0.717) is 10.7 Å². The van der Waals surface area contributed by atoms with Crippen molar-refractivity contribution in [3.05, 3.63) is 80.3 Å². The van der Waals surface area contributed by atoms with Crippen LogP contribution >= 0.6 is 11.3 Å². The number of hydrogen-bond donors (Lipinski definition) is 1. The zero-order valence-electron chi connectivity index (χ0n) is 18.2. The smallest absolute Gasteiger partial charge is 0.270 e. The number of fused-ring (bicyclic) bond motifs is 1. The largest absolute Gasteiger partial charge is 0.371 e. The van der Waals surface area contributed by atoms with E-state index >= 15 is 0 Å². The van der Waals surface area contributed by atoms with Gasteiger partial charge < -0.3 is 4.90 Å². The van der Waals surface area contributed by atoms with Crippen LogP contribution in [0.4, 0.5) is 16.5 Å². The number of carbonyl (C=O) groups is 1. The molecular weight excluding hydrogens is 438 g/mol. The normalized spacial score (nSPS) is 15.9. The van der Waals surface area contributed by atoms with Gasteiger partial charge in [-0.2, -0.15) is 0 Å². The van der Waals surface area contributed by atoms with E-state index in [1.165, 1.54) is 29.0 Å². The number of hydrogen-bond acceptors (Lipinski definition) is 7. The maximum Gasteiger partial charge on any atom is 0.270 e. The van der Waals surface area contributed by atoms with Gasteiger partial charge in [-0.05, 0) is 24.5 Å². The molecule has 3 aromatic rings. The van der Waals surface area contributed by atoms with Crippen LogP contribution in [0.15, 0.2) is 48.5 Å². The molecule has 2 aliphatic heterocycles. The molecule has 1 amide bonds. The highest BCUT2D eigenvalue weighted by molar-refractivity contribution is 7.15. The Labute approximate surface area is 196 Å². The molecule has 0 radical (unpaired) electrons. The number of rotatable bonds is 6. The molecule has 1 saturated heterocycles. The molecule has 8 nitrogen and oxygen atoms in total. The number of non-ortho nitro benzene ring substituents is 1. The number of thiazole rings is 1. The molecule has 0 saturated carbocycles. The summed E-state index contributed by atoms with van der Waals surface area (Å²) in [5.41, 5.74) is 3.28. The zero-order chi connectivity index (χ0) is 22.8. The molecule has 3 heterocycles. The van der Waals surface area contributed by atoms with Crippen molar-refractivity contribution in [3.8, 4) is 0 Å². The summed E-state index contributed by atoms with van der Waals surface area (Å²) in [7, 11) is 0. The number of anilines is 2. The predicted octanol–water partition coefficient (Wildman–Crippen LogP) is 4.46. The number of amides is 1. The Bertz CT molecular complexity index is 1170. The van der Waals surface area contributed by atoms with Gasteiger partial charge in [0.2, 0.25) is 0 Å². The summed E-state index contributed by atoms with van der Waals surface area (Å²) in [4.78, 5) is 34.3. The minimum absolute atomic E-state index is 0.0851. The Kier molecular flexibility index (Phi) is 6.06. The van der Waals surface area contributed by atoms with Crippen LogP contribution in [-0.4, -0.2) is 40.3 Å². The number of nitro benzene ring substituents is 1. The van der Waals surface area contributed by atoms with Crippen LogP contribution in [0.3, 0.4) is 0 Å². The van der Waals surface area contributed by atoms with Gasteiger partial charge >= 0.3 is 0 Å². The van der Waals surface area contributed by atoms with Crippen LogP contribution in [0.25, 0.3) is 0 Å². The van der Waals surface area contributed by atoms with Crippen LogP contribution < -0.4 is 10.2 Å². The van der Waals surface area contributed by atoms with E-state index in [9.17, 15) is 14.9 Å². The van der Waals surface area contributed by atoms with E-state index in [2.05, 4.69) is 44.4 Å². The van der Waals surface area contributed by atoms with Crippen molar-refractivity contribution in [1.29, 1.82) is 0 Å². The van der Waals surface area contributed by atoms with Gasteiger partial charge in [0.25, 0.3) is 11.6 Å². The van der Waals surface area contributed by atoms with Gasteiger partial charge in [0, 0.05) is 56.2 Å². The summed E-state index contributed by atoms with van der Waals surface area (Å²) >= 11 is 1.49. The Morgan fingerprint density at radius 3 is 2.67 bits per heavy atom. The van der Waals surface area contributed by atoms with Crippen molar-refractivity contribution in [3.63, 3.8) is 0 Å². The van der Waals surface area contributed by atoms with E-state index in [4.69, 9.17) is 0 Å². The van der Waals surface area contributed by atoms with Gasteiger partial charge in [0.1, 0.15) is 0 Å². The maximum absolute atomic E-state index is 13.2. The fourth-order valence-electron chi connectivity index (χ4n) is 4.50. The topological polar surface area (TPSA) is 91.6 Å². The Morgan fingerprint density at radius 2 is 1.91 bits per heavy atom. The third kappa shape index (κ3) is 4.74. The summed E-state index contributed by atoms with van der Waals surface area (Å²) in [5, 5.41) is 14.8. The van der Waals surface area contributed by atoms with E-state index in [1.54, 1.807) is 6.07 Å². The molecular formula is C24H25N5O3S. The summed E-state index contributed by atoms with van der Waals surface area (Å²) < 4.78 is 0. The van der Waals surface area contributed by atoms with Crippen molar-refractivity contribution < 1.29 is 9.72 Å². The van der Waals surface area contributed by atoms with Crippen LogP contribution in [0.1, 0.15) is 39.3 Å². The summed E-state index contributed by atoms with van der Waals surface area (Å²) in [6.45, 7) is 4.30. The highest BCUT2D eigenvalue weighted by atomic mass is 32.1. The zero-order valence-corrected chi connectivity index (χ0v) is 19.0. The second-order valence-corrected chi connectivity index (χ2v) is 9.53. The first kappa shape index (κ1) is 21.5. The van der Waals surface area contributed by atoms with Crippen molar-refractivity contribution in [2.75, 3.05) is 29.9 Å². The fourth-order valence-corrected chi connectivity index (χ4v) is 5.54. The van der Waals surface area contributed by atoms with Crippen molar-refractivity contribution in [2.24, 2.45) is 0 Å². The molecule has 1 fully saturated rings. The van der Waals surface area contributed by atoms with Crippen molar-refractivity contribution in [1.82, 2.24) is 9.88 Å². The van der Waals surface area contributed by atoms with Crippen LogP contribution in [0, 0.1) is 10.1 Å². The summed E-state index contributed by atoms with van der Waals surface area (Å²) in [6, 6.07) is 14.9. The second kappa shape index (κ2) is 9.29. The molecule has 1 aromatic heterocycles. The third-order valence-electron chi connectivity index (χ3n) is 6.16. The number of aromatic nitrogens is 1. The second-order valence-electron chi connectivity index (χ2n) is 8.44. The van der Waals surface area contributed by atoms with E-state index in [1.807, 2.05) is 6.07 Å². The molecule has 0 bridgehead atoms. The summed E-state index contributed by atoms with van der Waals surface area (Å²) in [6.07, 6.45) is 2.94. The number of nitrogens with zero attached hydrogens (tertiary/aromatic N) is 4. The van der Waals surface area contributed by atoms with Crippen molar-refractivity contribution in [2.45, 2.75) is 32.4 Å². The lowest BCUT2D eigenvalue weighted by atomic mass is 10.1. The first-order valence-electron chi connectivity index (χ1n) is 11.2. The monoisotopic (exact) mass is 463 g/mol. The lowest BCUT2D eigenvalue weighted by Gasteiger charge is -2.25. The summed E-state index contributed by atoms with van der Waals surface area (Å²) in [5.74, 6) is -0.354. The van der Waals surface area contributed by atoms with E-state index in [0.717, 1.165) is 68.2 Å². The number of nitro groups is 1. The molecule has 5 rings (SSSR count). The molecule has 1 N–H and O–H groups in total. The van der Waals surface area contributed by atoms with Gasteiger partial charge in [-0.3, -0.25) is 25.1 Å². The molecule has 9 heteroatoms. The van der Waals surface area contributed by atoms with Gasteiger partial charge in [0.05, 0.1) is 21.9 Å². The number of benzene rings is 2. The quantitative estimate of drug-likeness (QED) is 0.429. The average Bonchev–Trinajstić information content (AvgIpc) is 3.49. The Balaban J connectivity index is 1.33. The molecule has 0 atom stereocenters. The first-order chi connectivity index (χ1) is 16.1. The molecule has 33 heavy (non-hydrogen) atoms. The van der Waals surface area contributed by atoms with E-state index < -0.39 is 4.92 Å². The van der Waals surface area contributed by atoms with Gasteiger partial charge in [-0.1, -0.05) is 30.3 Å². The van der Waals surface area contributed by atoms with E-state index in [-0.39, 0.29) is 11.6 Å². The van der Waals surface area contributed by atoms with Gasteiger partial charge in [-0.15, -0.1) is 11.3 Å². The molecule has 2 aliphatic rings. The minimum atomic E-state index is -0.464. The van der Waals surface area contributed by atoms with Gasteiger partial charge in [-0.25, -0.2) is 4.98 Å². The minimum Gasteiger partial charge on any atom is -0.371 e. The number of carbonyl (C=O) groups excluding carboxylic acids is 1. The van der Waals surface area contributed by atoms with Crippen molar-refractivity contribution >= 4 is 33.8 Å². The molecule has 2 aromatic carbocycles. The molecule has 0 aliphatic carbocycles. The third-order valence-corrected chi connectivity index (χ3v) is 7.16. The standard InChI is InChI=1S/C24H25N5O3S/c30-23(19-14-18(29(31)32)8-9-21(19)28-11-4-5-12-28)26-24-25-20-10-13-27(16-22(20)33-24)15-17-6-2-1-3-7-17/h1-3,6-9,14H,4-5,10-13,15-16H2,(H,25,26,30). The van der Waals surface area contributed by atoms with Gasteiger partial charge in [0.15, 0.2) is 5.13 Å². The maximum atomic E-state index is 13.2. The van der Waals surface area contributed by atoms with Crippen LogP contribution in [0.5, 0.6) is 0 Å². The SMILES string of the molecule is O=C(Nc1nc2c(s1)CN(Cc1ccccc1)CC2)c1cc([N+](=O)[O-])ccc1N1CCCC1. The predicted molar refractivity (Wildman–Crippen MR) is 129 cm³/mol. The highest BCUT2D eigenvalue weighted by Gasteiger charge is 2.25. The average molecular weight is 464 g/mol. The highest BCUT2D eigenvalue weighted by Crippen LogP contribution is 2.32. The molecule has 170 valence electrons. The van der Waals surface area contributed by atoms with Crippen LogP contribution in [0.2, 0.25) is 0 Å².